The molecule has 1 atom stereocenters. The molecule has 1 aromatic carbocycles. The fraction of sp³-hybridized carbons (Fsp3) is 0.588. The van der Waals surface area contributed by atoms with Crippen molar-refractivity contribution in [1.29, 1.82) is 0 Å². The van der Waals surface area contributed by atoms with Crippen molar-refractivity contribution in [1.82, 2.24) is 5.32 Å². The highest BCUT2D eigenvalue weighted by molar-refractivity contribution is 7.91. The summed E-state index contributed by atoms with van der Waals surface area (Å²) in [5.74, 6) is -0.638. The molecule has 0 unspecified atom stereocenters. The summed E-state index contributed by atoms with van der Waals surface area (Å²) in [5.41, 5.74) is 1.16. The van der Waals surface area contributed by atoms with Gasteiger partial charge in [0, 0.05) is 6.54 Å². The first-order valence-electron chi connectivity index (χ1n) is 8.12. The van der Waals surface area contributed by atoms with Gasteiger partial charge in [0.1, 0.15) is 0 Å². The number of hydrogen-bond acceptors (Lipinski definition) is 3. The maximum Gasteiger partial charge on any atom is 0.224 e. The van der Waals surface area contributed by atoms with Crippen molar-refractivity contribution >= 4 is 15.7 Å². The van der Waals surface area contributed by atoms with Crippen molar-refractivity contribution in [3.05, 3.63) is 29.8 Å². The van der Waals surface area contributed by atoms with Gasteiger partial charge in [0.25, 0.3) is 0 Å². The number of nitrogens with one attached hydrogen (secondary N) is 1. The first-order chi connectivity index (χ1) is 10.5. The van der Waals surface area contributed by atoms with E-state index in [9.17, 15) is 13.2 Å². The van der Waals surface area contributed by atoms with Gasteiger partial charge in [-0.3, -0.25) is 4.79 Å². The number of amides is 1. The molecule has 1 aliphatic rings. The number of unbranched alkanes of at least 4 members (excludes halogenated alkanes) is 1. The van der Waals surface area contributed by atoms with Crippen LogP contribution in [0.2, 0.25) is 0 Å². The van der Waals surface area contributed by atoms with E-state index in [4.69, 9.17) is 0 Å². The van der Waals surface area contributed by atoms with E-state index in [1.54, 1.807) is 12.1 Å². The maximum atomic E-state index is 12.5. The zero-order valence-corrected chi connectivity index (χ0v) is 14.0. The second kappa shape index (κ2) is 7.77. The van der Waals surface area contributed by atoms with Crippen molar-refractivity contribution in [3.63, 3.8) is 0 Å². The molecule has 1 aliphatic heterocycles. The van der Waals surface area contributed by atoms with Gasteiger partial charge < -0.3 is 5.32 Å². The van der Waals surface area contributed by atoms with Crippen molar-refractivity contribution in [2.45, 2.75) is 50.3 Å². The van der Waals surface area contributed by atoms with Crippen LogP contribution in [0.3, 0.4) is 0 Å². The summed E-state index contributed by atoms with van der Waals surface area (Å²) in [6, 6.07) is 7.12. The Bertz CT molecular complexity index is 593. The van der Waals surface area contributed by atoms with Crippen LogP contribution in [0.15, 0.2) is 29.2 Å². The Labute approximate surface area is 133 Å². The van der Waals surface area contributed by atoms with Crippen LogP contribution in [0.5, 0.6) is 0 Å². The molecule has 2 rings (SSSR count). The molecule has 1 amide bonds. The highest BCUT2D eigenvalue weighted by atomic mass is 32.2. The molecule has 122 valence electrons. The number of rotatable bonds is 6. The molecule has 1 saturated heterocycles. The van der Waals surface area contributed by atoms with Gasteiger partial charge in [0.2, 0.25) is 5.91 Å². The van der Waals surface area contributed by atoms with Gasteiger partial charge in [-0.05, 0) is 43.4 Å². The van der Waals surface area contributed by atoms with Crippen LogP contribution < -0.4 is 5.32 Å². The van der Waals surface area contributed by atoms with Crippen LogP contribution in [0.4, 0.5) is 0 Å². The monoisotopic (exact) mass is 323 g/mol. The Morgan fingerprint density at radius 2 is 1.91 bits per heavy atom. The summed E-state index contributed by atoms with van der Waals surface area (Å²) in [4.78, 5) is 12.2. The molecule has 0 bridgehead atoms. The number of aryl methyl sites for hydroxylation is 1. The minimum Gasteiger partial charge on any atom is -0.356 e. The van der Waals surface area contributed by atoms with E-state index >= 15 is 0 Å². The van der Waals surface area contributed by atoms with Crippen molar-refractivity contribution in [2.75, 3.05) is 12.3 Å². The Balaban J connectivity index is 2.07. The molecule has 0 radical (unpaired) electrons. The third kappa shape index (κ3) is 4.57. The van der Waals surface area contributed by atoms with E-state index in [0.717, 1.165) is 37.7 Å². The second-order valence-corrected chi connectivity index (χ2v) is 8.05. The number of hydrogen-bond donors (Lipinski definition) is 1. The molecule has 0 spiro atoms. The zero-order chi connectivity index (χ0) is 16.0. The Morgan fingerprint density at radius 3 is 2.59 bits per heavy atom. The zero-order valence-electron chi connectivity index (χ0n) is 13.2. The fourth-order valence-corrected chi connectivity index (χ4v) is 4.36. The molecule has 1 fully saturated rings. The lowest BCUT2D eigenvalue weighted by Gasteiger charge is -2.13. The van der Waals surface area contributed by atoms with E-state index in [1.807, 2.05) is 12.1 Å². The molecule has 0 aromatic heterocycles. The quantitative estimate of drug-likeness (QED) is 0.875. The van der Waals surface area contributed by atoms with Crippen LogP contribution >= 0.6 is 0 Å². The van der Waals surface area contributed by atoms with Gasteiger partial charge in [-0.25, -0.2) is 8.42 Å². The summed E-state index contributed by atoms with van der Waals surface area (Å²) in [6.07, 6.45) is 5.68. The molecule has 1 aromatic rings. The number of sulfone groups is 1. The molecule has 1 N–H and O–H groups in total. The SMILES string of the molecule is CCCCc1ccc(S(=O)(=O)C[C@H]2CCCCNC2=O)cc1. The molecule has 0 aliphatic carbocycles. The highest BCUT2D eigenvalue weighted by Gasteiger charge is 2.27. The molecule has 0 saturated carbocycles. The molecule has 4 nitrogen and oxygen atoms in total. The third-order valence-corrected chi connectivity index (χ3v) is 6.00. The lowest BCUT2D eigenvalue weighted by molar-refractivity contribution is -0.124. The first-order valence-corrected chi connectivity index (χ1v) is 9.77. The third-order valence-electron chi connectivity index (χ3n) is 4.17. The Kier molecular flexibility index (Phi) is 6.00. The van der Waals surface area contributed by atoms with Crippen LogP contribution in [-0.4, -0.2) is 26.6 Å². The molecule has 22 heavy (non-hydrogen) atoms. The first kappa shape index (κ1) is 17.0. The van der Waals surface area contributed by atoms with Crippen LogP contribution in [-0.2, 0) is 21.1 Å². The van der Waals surface area contributed by atoms with Gasteiger partial charge >= 0.3 is 0 Å². The van der Waals surface area contributed by atoms with Gasteiger partial charge in [-0.1, -0.05) is 31.9 Å². The lowest BCUT2D eigenvalue weighted by atomic mass is 10.1. The Hall–Kier alpha value is -1.36. The number of carbonyl (C=O) groups excluding carboxylic acids is 1. The van der Waals surface area contributed by atoms with Crippen molar-refractivity contribution in [2.24, 2.45) is 5.92 Å². The predicted octanol–water partition coefficient (Wildman–Crippen LogP) is 2.72. The van der Waals surface area contributed by atoms with Gasteiger partial charge in [0.15, 0.2) is 9.84 Å². The fourth-order valence-electron chi connectivity index (χ4n) is 2.77. The Morgan fingerprint density at radius 1 is 1.18 bits per heavy atom. The van der Waals surface area contributed by atoms with E-state index in [1.165, 1.54) is 0 Å². The number of benzene rings is 1. The second-order valence-electron chi connectivity index (χ2n) is 6.01. The smallest absolute Gasteiger partial charge is 0.224 e. The van der Waals surface area contributed by atoms with Crippen LogP contribution in [0, 0.1) is 5.92 Å². The van der Waals surface area contributed by atoms with Crippen molar-refractivity contribution < 1.29 is 13.2 Å². The van der Waals surface area contributed by atoms with Crippen LogP contribution in [0.1, 0.15) is 44.6 Å². The van der Waals surface area contributed by atoms with E-state index in [0.29, 0.717) is 17.9 Å². The summed E-state index contributed by atoms with van der Waals surface area (Å²) in [7, 11) is -3.41. The normalized spacial score (nSPS) is 19.5. The standard InChI is InChI=1S/C17H25NO3S/c1-2-3-6-14-8-10-16(11-9-14)22(20,21)13-15-7-4-5-12-18-17(15)19/h8-11,15H,2-7,12-13H2,1H3,(H,18,19)/t15-/m1/s1. The largest absolute Gasteiger partial charge is 0.356 e. The molecule has 5 heteroatoms. The minimum atomic E-state index is -3.41. The maximum absolute atomic E-state index is 12.5. The van der Waals surface area contributed by atoms with E-state index in [2.05, 4.69) is 12.2 Å². The minimum absolute atomic E-state index is 0.0901. The molecule has 1 heterocycles. The predicted molar refractivity (Wildman–Crippen MR) is 87.5 cm³/mol. The highest BCUT2D eigenvalue weighted by Crippen LogP contribution is 2.20. The average molecular weight is 323 g/mol. The number of carbonyl (C=O) groups is 1. The lowest BCUT2D eigenvalue weighted by Crippen LogP contribution is -2.33. The van der Waals surface area contributed by atoms with Gasteiger partial charge in [0.05, 0.1) is 16.6 Å². The summed E-state index contributed by atoms with van der Waals surface area (Å²) in [6.45, 7) is 2.79. The topological polar surface area (TPSA) is 63.2 Å². The molecular weight excluding hydrogens is 298 g/mol. The summed E-state index contributed by atoms with van der Waals surface area (Å²) < 4.78 is 25.0. The summed E-state index contributed by atoms with van der Waals surface area (Å²) >= 11 is 0. The van der Waals surface area contributed by atoms with Gasteiger partial charge in [-0.2, -0.15) is 0 Å². The summed E-state index contributed by atoms with van der Waals surface area (Å²) in [5, 5.41) is 2.80. The van der Waals surface area contributed by atoms with Gasteiger partial charge in [-0.15, -0.1) is 0 Å². The molecular formula is C17H25NO3S. The van der Waals surface area contributed by atoms with E-state index < -0.39 is 15.8 Å². The van der Waals surface area contributed by atoms with E-state index in [-0.39, 0.29) is 11.7 Å². The average Bonchev–Trinajstić information content (AvgIpc) is 2.70. The van der Waals surface area contributed by atoms with Crippen molar-refractivity contribution in [3.8, 4) is 0 Å². The van der Waals surface area contributed by atoms with Crippen LogP contribution in [0.25, 0.3) is 0 Å².